The molecule has 3 amide bonds. The number of carbonyl (C=O) groups is 3. The molecule has 2 fully saturated rings. The number of benzene rings is 2. The van der Waals surface area contributed by atoms with E-state index in [1.165, 1.54) is 18.2 Å². The molecule has 15 nitrogen and oxygen atoms in total. The van der Waals surface area contributed by atoms with E-state index in [1.807, 2.05) is 17.9 Å². The zero-order valence-electron chi connectivity index (χ0n) is 33.1. The van der Waals surface area contributed by atoms with E-state index in [1.54, 1.807) is 53.4 Å². The maximum Gasteiger partial charge on any atom is 0.274 e. The molecule has 0 bridgehead atoms. The lowest BCUT2D eigenvalue weighted by Gasteiger charge is -2.38. The van der Waals surface area contributed by atoms with Crippen LogP contribution in [-0.2, 0) is 17.8 Å². The van der Waals surface area contributed by atoms with Crippen LogP contribution in [-0.4, -0.2) is 118 Å². The second kappa shape index (κ2) is 18.6. The van der Waals surface area contributed by atoms with Gasteiger partial charge in [-0.2, -0.15) is 5.10 Å². The number of aromatic nitrogens is 4. The summed E-state index contributed by atoms with van der Waals surface area (Å²) in [4.78, 5) is 73.9. The maximum absolute atomic E-state index is 14.7. The van der Waals surface area contributed by atoms with Crippen LogP contribution in [0.5, 0.6) is 0 Å². The van der Waals surface area contributed by atoms with Crippen molar-refractivity contribution < 1.29 is 18.8 Å². The van der Waals surface area contributed by atoms with Crippen molar-refractivity contribution in [2.45, 2.75) is 32.7 Å². The average molecular weight is 805 g/mol. The van der Waals surface area contributed by atoms with Gasteiger partial charge in [0.15, 0.2) is 5.69 Å². The molecular weight excluding hydrogens is 756 g/mol. The number of carbonyl (C=O) groups excluding carboxylic acids is 3. The minimum atomic E-state index is -0.661. The van der Waals surface area contributed by atoms with Crippen LogP contribution in [0.25, 0.3) is 21.9 Å². The quantitative estimate of drug-likeness (QED) is 0.129. The largest absolute Gasteiger partial charge is 0.397 e. The smallest absolute Gasteiger partial charge is 0.274 e. The predicted molar refractivity (Wildman–Crippen MR) is 222 cm³/mol. The van der Waals surface area contributed by atoms with Crippen LogP contribution in [0.1, 0.15) is 51.9 Å². The first-order valence-corrected chi connectivity index (χ1v) is 20.1. The highest BCUT2D eigenvalue weighted by atomic mass is 19.1. The Balaban J connectivity index is 0.793. The van der Waals surface area contributed by atoms with Crippen LogP contribution in [0, 0.1) is 11.7 Å². The van der Waals surface area contributed by atoms with E-state index >= 15 is 0 Å². The standard InChI is InChI=1S/C43H49FN10O5/c1-2-53-26-30(8-10-39(53)56)31-23-36(45)40(48-24-31)43(59)54-15-11-28(12-16-54)25-51-17-19-52(20-18-51)27-38(55)46-13-14-47-41(57)34-21-29(7-9-35(34)44)22-37-32-5-3-4-6-33(32)42(58)50-49-37/h3-10,21,23-24,26,28H,2,11-20,22,25,27,45H2,1H3,(H,46,55)(H,47,57)(H,50,58). The van der Waals surface area contributed by atoms with E-state index in [0.717, 1.165) is 56.7 Å². The molecule has 308 valence electrons. The number of fused-ring (bicyclic) bond motifs is 1. The maximum atomic E-state index is 14.7. The number of nitrogens with zero attached hydrogens (tertiary/aromatic N) is 6. The van der Waals surface area contributed by atoms with Gasteiger partial charge in [-0.25, -0.2) is 14.5 Å². The van der Waals surface area contributed by atoms with Gasteiger partial charge < -0.3 is 30.7 Å². The lowest BCUT2D eigenvalue weighted by atomic mass is 9.95. The second-order valence-corrected chi connectivity index (χ2v) is 15.2. The molecule has 59 heavy (non-hydrogen) atoms. The number of nitrogens with one attached hydrogen (secondary N) is 3. The molecule has 2 saturated heterocycles. The molecule has 2 aromatic carbocycles. The Morgan fingerprint density at radius 3 is 2.36 bits per heavy atom. The summed E-state index contributed by atoms with van der Waals surface area (Å²) < 4.78 is 16.3. The highest BCUT2D eigenvalue weighted by molar-refractivity contribution is 5.98. The zero-order chi connectivity index (χ0) is 41.5. The van der Waals surface area contributed by atoms with Crippen molar-refractivity contribution in [3.8, 4) is 11.1 Å². The number of hydrogen-bond acceptors (Lipinski definition) is 10. The number of aryl methyl sites for hydroxylation is 1. The van der Waals surface area contributed by atoms with E-state index in [-0.39, 0.29) is 60.2 Å². The first-order chi connectivity index (χ1) is 28.6. The number of H-pyrrole nitrogens is 1. The molecule has 0 atom stereocenters. The number of piperidine rings is 1. The van der Waals surface area contributed by atoms with E-state index in [0.29, 0.717) is 53.3 Å². The fourth-order valence-electron chi connectivity index (χ4n) is 7.82. The summed E-state index contributed by atoms with van der Waals surface area (Å²) in [6, 6.07) is 16.4. The van der Waals surface area contributed by atoms with Gasteiger partial charge in [0.25, 0.3) is 22.9 Å². The number of likely N-dealkylation sites (tertiary alicyclic amines) is 1. The Labute approximate surface area is 340 Å². The minimum Gasteiger partial charge on any atom is -0.397 e. The van der Waals surface area contributed by atoms with Crippen molar-refractivity contribution in [3.05, 3.63) is 122 Å². The van der Waals surface area contributed by atoms with Gasteiger partial charge in [-0.15, -0.1) is 0 Å². The Bertz CT molecular complexity index is 2450. The third kappa shape index (κ3) is 9.89. The predicted octanol–water partition coefficient (Wildman–Crippen LogP) is 2.49. The van der Waals surface area contributed by atoms with Crippen LogP contribution >= 0.6 is 0 Å². The van der Waals surface area contributed by atoms with Gasteiger partial charge in [0, 0.05) is 101 Å². The molecule has 16 heteroatoms. The molecule has 7 rings (SSSR count). The Kier molecular flexibility index (Phi) is 12.9. The lowest BCUT2D eigenvalue weighted by molar-refractivity contribution is -0.122. The average Bonchev–Trinajstić information content (AvgIpc) is 3.25. The van der Waals surface area contributed by atoms with Crippen molar-refractivity contribution >= 4 is 34.2 Å². The van der Waals surface area contributed by atoms with Gasteiger partial charge in [0.1, 0.15) is 5.82 Å². The van der Waals surface area contributed by atoms with Gasteiger partial charge in [-0.3, -0.25) is 28.9 Å². The van der Waals surface area contributed by atoms with Gasteiger partial charge >= 0.3 is 0 Å². The Morgan fingerprint density at radius 2 is 1.61 bits per heavy atom. The third-order valence-electron chi connectivity index (χ3n) is 11.2. The van der Waals surface area contributed by atoms with Crippen molar-refractivity contribution in [1.29, 1.82) is 0 Å². The number of anilines is 1. The molecule has 0 aliphatic carbocycles. The number of nitrogen functional groups attached to an aromatic ring is 1. The Morgan fingerprint density at radius 1 is 0.881 bits per heavy atom. The van der Waals surface area contributed by atoms with Crippen molar-refractivity contribution in [2.24, 2.45) is 5.92 Å². The minimum absolute atomic E-state index is 0.0801. The zero-order valence-corrected chi connectivity index (χ0v) is 33.1. The van der Waals surface area contributed by atoms with Crippen molar-refractivity contribution in [2.75, 3.05) is 71.2 Å². The molecule has 5 heterocycles. The molecule has 3 aromatic heterocycles. The van der Waals surface area contributed by atoms with Crippen LogP contribution < -0.4 is 27.5 Å². The number of halogens is 1. The summed E-state index contributed by atoms with van der Waals surface area (Å²) in [7, 11) is 0. The number of piperazine rings is 1. The normalized spacial score (nSPS) is 15.3. The molecule has 0 radical (unpaired) electrons. The third-order valence-corrected chi connectivity index (χ3v) is 11.2. The molecule has 0 unspecified atom stereocenters. The fraction of sp³-hybridized carbons (Fsp3) is 0.372. The van der Waals surface area contributed by atoms with E-state index in [4.69, 9.17) is 5.73 Å². The molecule has 0 spiro atoms. The van der Waals surface area contributed by atoms with Gasteiger partial charge in [0.05, 0.1) is 28.9 Å². The van der Waals surface area contributed by atoms with E-state index in [2.05, 4.69) is 35.6 Å². The van der Waals surface area contributed by atoms with Crippen LogP contribution in [0.3, 0.4) is 0 Å². The number of aromatic amines is 1. The van der Waals surface area contributed by atoms with E-state index < -0.39 is 11.7 Å². The molecule has 5 N–H and O–H groups in total. The summed E-state index contributed by atoms with van der Waals surface area (Å²) in [6.07, 6.45) is 5.45. The highest BCUT2D eigenvalue weighted by Crippen LogP contribution is 2.25. The van der Waals surface area contributed by atoms with Gasteiger partial charge in [-0.05, 0) is 67.1 Å². The molecule has 2 aliphatic rings. The van der Waals surface area contributed by atoms with Crippen LogP contribution in [0.2, 0.25) is 0 Å². The van der Waals surface area contributed by atoms with Gasteiger partial charge in [-0.1, -0.05) is 24.3 Å². The van der Waals surface area contributed by atoms with Crippen LogP contribution in [0.15, 0.2) is 82.6 Å². The summed E-state index contributed by atoms with van der Waals surface area (Å²) in [5, 5.41) is 13.4. The monoisotopic (exact) mass is 804 g/mol. The number of rotatable bonds is 13. The second-order valence-electron chi connectivity index (χ2n) is 15.2. The van der Waals surface area contributed by atoms with Crippen molar-refractivity contribution in [3.63, 3.8) is 0 Å². The fourth-order valence-corrected chi connectivity index (χ4v) is 7.82. The SMILES string of the molecule is CCn1cc(-c2cnc(C(=O)N3CCC(CN4CCN(CC(=O)NCCNC(=O)c5cc(Cc6n[nH]c(=O)c7ccccc67)ccc5F)CC4)CC3)c(N)c2)ccc1=O. The first-order valence-electron chi connectivity index (χ1n) is 20.1. The van der Waals surface area contributed by atoms with Crippen molar-refractivity contribution in [1.82, 2.24) is 45.1 Å². The summed E-state index contributed by atoms with van der Waals surface area (Å²) >= 11 is 0. The summed E-state index contributed by atoms with van der Waals surface area (Å²) in [6.45, 7) is 8.39. The topological polar surface area (TPSA) is 192 Å². The first kappa shape index (κ1) is 40.9. The number of hydrogen-bond donors (Lipinski definition) is 4. The Hall–Kier alpha value is -6.26. The number of pyridine rings is 2. The summed E-state index contributed by atoms with van der Waals surface area (Å²) in [5.74, 6) is -1.12. The molecule has 2 aliphatic heterocycles. The van der Waals surface area contributed by atoms with Crippen LogP contribution in [0.4, 0.5) is 10.1 Å². The summed E-state index contributed by atoms with van der Waals surface area (Å²) in [5.41, 5.74) is 9.19. The van der Waals surface area contributed by atoms with E-state index in [9.17, 15) is 28.4 Å². The number of amides is 3. The molecular formula is C43H49FN10O5. The highest BCUT2D eigenvalue weighted by Gasteiger charge is 2.28. The van der Waals surface area contributed by atoms with Gasteiger partial charge in [0.2, 0.25) is 5.91 Å². The number of nitrogens with two attached hydrogens (primary N) is 1. The molecule has 0 saturated carbocycles. The lowest BCUT2D eigenvalue weighted by Crippen LogP contribution is -2.51. The molecule has 5 aromatic rings.